The molecule has 0 aliphatic carbocycles. The van der Waals surface area contributed by atoms with E-state index in [4.69, 9.17) is 4.74 Å². The van der Waals surface area contributed by atoms with Crippen LogP contribution in [0.2, 0.25) is 0 Å². The van der Waals surface area contributed by atoms with Crippen molar-refractivity contribution in [3.05, 3.63) is 65.6 Å². The molecule has 3 aromatic rings. The Balaban J connectivity index is 0.00000274. The number of carbonyl (C=O) groups is 1. The number of piperidine rings is 1. The normalized spacial score (nSPS) is 16.8. The number of hydrogen-bond donors (Lipinski definition) is 1. The van der Waals surface area contributed by atoms with Crippen LogP contribution in [0.25, 0.3) is 11.3 Å². The van der Waals surface area contributed by atoms with Gasteiger partial charge in [0, 0.05) is 57.3 Å². The fraction of sp³-hybridized carbons (Fsp3) is 0.304. The molecular weight excluding hydrogens is 447 g/mol. The molecule has 1 N–H and O–H groups in total. The van der Waals surface area contributed by atoms with Crippen molar-refractivity contribution in [2.75, 3.05) is 20.1 Å². The maximum absolute atomic E-state index is 13.9. The van der Waals surface area contributed by atoms with E-state index in [0.29, 0.717) is 48.5 Å². The molecule has 2 aliphatic rings. The first-order valence-corrected chi connectivity index (χ1v) is 12.1. The summed E-state index contributed by atoms with van der Waals surface area (Å²) in [7, 11) is -0.398. The number of ether oxygens (including phenoxy) is 1. The molecule has 174 valence electrons. The molecule has 2 aliphatic heterocycles. The number of hydrogen-bond acceptors (Lipinski definition) is 5. The number of likely N-dealkylation sites (tertiary alicyclic amines) is 1. The highest BCUT2D eigenvalue weighted by atomic mass is 32.2. The molecule has 1 spiro atoms. The van der Waals surface area contributed by atoms with Crippen molar-refractivity contribution in [2.45, 2.75) is 23.3 Å². The SMILES string of the molecule is CNS(=O)(=O)c1ccc(C(=O)N2CCC3(CC2)Oc2ccc(F)cc2-c2nn(C)cc23)cc1.[HH]. The van der Waals surface area contributed by atoms with Crippen LogP contribution in [-0.2, 0) is 22.7 Å². The molecule has 0 radical (unpaired) electrons. The second-order valence-corrected chi connectivity index (χ2v) is 10.2. The number of sulfonamides is 1. The predicted molar refractivity (Wildman–Crippen MR) is 121 cm³/mol. The van der Waals surface area contributed by atoms with Gasteiger partial charge in [-0.3, -0.25) is 9.48 Å². The van der Waals surface area contributed by atoms with Gasteiger partial charge in [0.1, 0.15) is 22.9 Å². The van der Waals surface area contributed by atoms with E-state index >= 15 is 0 Å². The molecule has 0 unspecified atom stereocenters. The van der Waals surface area contributed by atoms with Gasteiger partial charge in [0.15, 0.2) is 0 Å². The van der Waals surface area contributed by atoms with Crippen LogP contribution < -0.4 is 9.46 Å². The first-order chi connectivity index (χ1) is 15.7. The topological polar surface area (TPSA) is 93.5 Å². The van der Waals surface area contributed by atoms with Crippen LogP contribution in [-0.4, -0.2) is 49.1 Å². The number of fused-ring (bicyclic) bond motifs is 4. The first kappa shape index (κ1) is 21.6. The number of nitrogens with one attached hydrogen (secondary N) is 1. The van der Waals surface area contributed by atoms with E-state index in [0.717, 1.165) is 5.56 Å². The summed E-state index contributed by atoms with van der Waals surface area (Å²) in [5.74, 6) is 0.0745. The largest absolute Gasteiger partial charge is 0.482 e. The number of benzene rings is 2. The van der Waals surface area contributed by atoms with E-state index in [1.54, 1.807) is 15.6 Å². The van der Waals surface area contributed by atoms with Crippen molar-refractivity contribution >= 4 is 15.9 Å². The minimum atomic E-state index is -3.56. The van der Waals surface area contributed by atoms with Gasteiger partial charge in [-0.2, -0.15) is 5.10 Å². The quantitative estimate of drug-likeness (QED) is 0.633. The van der Waals surface area contributed by atoms with E-state index in [9.17, 15) is 17.6 Å². The zero-order valence-electron chi connectivity index (χ0n) is 18.2. The Labute approximate surface area is 192 Å². The third-order valence-electron chi connectivity index (χ3n) is 6.36. The average Bonchev–Trinajstić information content (AvgIpc) is 3.23. The summed E-state index contributed by atoms with van der Waals surface area (Å²) in [4.78, 5) is 14.9. The molecule has 0 bridgehead atoms. The summed E-state index contributed by atoms with van der Waals surface area (Å²) < 4.78 is 48.1. The number of nitrogens with zero attached hydrogens (tertiary/aromatic N) is 3. The minimum Gasteiger partial charge on any atom is -0.482 e. The smallest absolute Gasteiger partial charge is 0.253 e. The van der Waals surface area contributed by atoms with E-state index in [-0.39, 0.29) is 18.0 Å². The van der Waals surface area contributed by atoms with Crippen molar-refractivity contribution in [1.29, 1.82) is 0 Å². The van der Waals surface area contributed by atoms with Gasteiger partial charge < -0.3 is 9.64 Å². The molecular formula is C23H25FN4O4S. The lowest BCUT2D eigenvalue weighted by molar-refractivity contribution is -0.00173. The Morgan fingerprint density at radius 3 is 2.55 bits per heavy atom. The van der Waals surface area contributed by atoms with Gasteiger partial charge in [0.25, 0.3) is 5.91 Å². The van der Waals surface area contributed by atoms with E-state index < -0.39 is 15.6 Å². The molecule has 8 nitrogen and oxygen atoms in total. The van der Waals surface area contributed by atoms with Crippen LogP contribution in [0.5, 0.6) is 5.75 Å². The molecule has 5 rings (SSSR count). The fourth-order valence-corrected chi connectivity index (χ4v) is 5.31. The first-order valence-electron chi connectivity index (χ1n) is 10.6. The van der Waals surface area contributed by atoms with Gasteiger partial charge in [-0.1, -0.05) is 0 Å². The second-order valence-electron chi connectivity index (χ2n) is 8.33. The van der Waals surface area contributed by atoms with E-state index in [1.807, 2.05) is 13.2 Å². The molecule has 1 saturated heterocycles. The molecule has 0 atom stereocenters. The van der Waals surface area contributed by atoms with Gasteiger partial charge in [0.05, 0.1) is 4.90 Å². The average molecular weight is 473 g/mol. The van der Waals surface area contributed by atoms with Crippen LogP contribution in [0.4, 0.5) is 4.39 Å². The molecule has 1 aromatic heterocycles. The molecule has 0 saturated carbocycles. The molecule has 2 aromatic carbocycles. The summed E-state index contributed by atoms with van der Waals surface area (Å²) in [6.45, 7) is 0.917. The zero-order valence-corrected chi connectivity index (χ0v) is 19.0. The third kappa shape index (κ3) is 3.59. The molecule has 33 heavy (non-hydrogen) atoms. The van der Waals surface area contributed by atoms with Crippen LogP contribution in [0.3, 0.4) is 0 Å². The van der Waals surface area contributed by atoms with Crippen molar-refractivity contribution in [3.8, 4) is 17.0 Å². The molecule has 10 heteroatoms. The Morgan fingerprint density at radius 1 is 1.18 bits per heavy atom. The maximum atomic E-state index is 13.9. The Morgan fingerprint density at radius 2 is 1.88 bits per heavy atom. The third-order valence-corrected chi connectivity index (χ3v) is 7.79. The monoisotopic (exact) mass is 472 g/mol. The number of aromatic nitrogens is 2. The lowest BCUT2D eigenvalue weighted by atomic mass is 9.81. The Kier molecular flexibility index (Phi) is 5.02. The number of amides is 1. The Hall–Kier alpha value is -3.24. The standard InChI is InChI=1S/C23H23FN4O4S.H2/c1-25-33(30,31)17-6-3-15(4-7-17)22(29)28-11-9-23(10-12-28)19-14-27(2)26-21(19)18-13-16(24)5-8-20(18)32-23;/h3-8,13-14,25H,9-12H2,1-2H3;1H. The van der Waals surface area contributed by atoms with Crippen molar-refractivity contribution < 1.29 is 23.8 Å². The van der Waals surface area contributed by atoms with Crippen molar-refractivity contribution in [1.82, 2.24) is 19.4 Å². The van der Waals surface area contributed by atoms with E-state index in [1.165, 1.54) is 43.4 Å². The van der Waals surface area contributed by atoms with Crippen LogP contribution in [0, 0.1) is 5.82 Å². The van der Waals surface area contributed by atoms with Gasteiger partial charge in [-0.15, -0.1) is 0 Å². The number of rotatable bonds is 3. The molecule has 1 fully saturated rings. The molecule has 3 heterocycles. The molecule has 1 amide bonds. The predicted octanol–water partition coefficient (Wildman–Crippen LogP) is 2.90. The summed E-state index contributed by atoms with van der Waals surface area (Å²) in [6.07, 6.45) is 3.02. The van der Waals surface area contributed by atoms with Crippen LogP contribution in [0.1, 0.15) is 30.2 Å². The van der Waals surface area contributed by atoms with Gasteiger partial charge in [-0.25, -0.2) is 17.5 Å². The highest BCUT2D eigenvalue weighted by molar-refractivity contribution is 7.89. The van der Waals surface area contributed by atoms with Crippen LogP contribution >= 0.6 is 0 Å². The van der Waals surface area contributed by atoms with E-state index in [2.05, 4.69) is 9.82 Å². The highest BCUT2D eigenvalue weighted by Crippen LogP contribution is 2.49. The second kappa shape index (κ2) is 7.67. The number of halogens is 1. The zero-order chi connectivity index (χ0) is 23.4. The van der Waals surface area contributed by atoms with Gasteiger partial charge in [0.2, 0.25) is 10.0 Å². The lowest BCUT2D eigenvalue weighted by Crippen LogP contribution is -2.49. The summed E-state index contributed by atoms with van der Waals surface area (Å²) in [6, 6.07) is 10.3. The summed E-state index contributed by atoms with van der Waals surface area (Å²) >= 11 is 0. The fourth-order valence-electron chi connectivity index (χ4n) is 4.58. The van der Waals surface area contributed by atoms with Crippen molar-refractivity contribution in [2.24, 2.45) is 7.05 Å². The number of aryl methyl sites for hydroxylation is 1. The minimum absolute atomic E-state index is 0. The maximum Gasteiger partial charge on any atom is 0.253 e. The van der Waals surface area contributed by atoms with Gasteiger partial charge in [-0.05, 0) is 49.5 Å². The summed E-state index contributed by atoms with van der Waals surface area (Å²) in [5.41, 5.74) is 2.02. The summed E-state index contributed by atoms with van der Waals surface area (Å²) in [5, 5.41) is 4.56. The Bertz CT molecular complexity index is 1350. The number of carbonyl (C=O) groups excluding carboxylic acids is 1. The van der Waals surface area contributed by atoms with Crippen molar-refractivity contribution in [3.63, 3.8) is 0 Å². The van der Waals surface area contributed by atoms with Gasteiger partial charge >= 0.3 is 0 Å². The lowest BCUT2D eigenvalue weighted by Gasteiger charge is -2.44. The highest BCUT2D eigenvalue weighted by Gasteiger charge is 2.46. The van der Waals surface area contributed by atoms with Crippen LogP contribution in [0.15, 0.2) is 53.6 Å².